The number of esters is 1. The summed E-state index contributed by atoms with van der Waals surface area (Å²) in [7, 11) is 0. The van der Waals surface area contributed by atoms with Gasteiger partial charge in [0.25, 0.3) is 0 Å². The Balaban J connectivity index is 1.88. The summed E-state index contributed by atoms with van der Waals surface area (Å²) < 4.78 is 5.29. The number of anilines is 1. The number of ether oxygens (including phenoxy) is 1. The highest BCUT2D eigenvalue weighted by molar-refractivity contribution is 7.16. The third-order valence-corrected chi connectivity index (χ3v) is 6.48. The van der Waals surface area contributed by atoms with Crippen LogP contribution in [0.1, 0.15) is 59.5 Å². The highest BCUT2D eigenvalue weighted by Gasteiger charge is 2.26. The van der Waals surface area contributed by atoms with E-state index in [1.165, 1.54) is 4.88 Å². The predicted molar refractivity (Wildman–Crippen MR) is 120 cm³/mol. The number of thiophene rings is 1. The van der Waals surface area contributed by atoms with Crippen molar-refractivity contribution < 1.29 is 9.53 Å². The summed E-state index contributed by atoms with van der Waals surface area (Å²) in [6.07, 6.45) is 4.62. The Labute approximate surface area is 182 Å². The molecular formula is C23H28N4O2S. The van der Waals surface area contributed by atoms with Gasteiger partial charge in [0.05, 0.1) is 24.8 Å². The lowest BCUT2D eigenvalue weighted by atomic mass is 9.95. The lowest BCUT2D eigenvalue weighted by Crippen LogP contribution is -2.23. The second kappa shape index (κ2) is 10.4. The van der Waals surface area contributed by atoms with Crippen LogP contribution in [0.3, 0.4) is 0 Å². The predicted octanol–water partition coefficient (Wildman–Crippen LogP) is 6.27. The van der Waals surface area contributed by atoms with Crippen LogP contribution in [0.4, 0.5) is 16.4 Å². The number of benzene rings is 1. The van der Waals surface area contributed by atoms with Gasteiger partial charge < -0.3 is 9.64 Å². The van der Waals surface area contributed by atoms with Gasteiger partial charge in [0.1, 0.15) is 5.56 Å². The highest BCUT2D eigenvalue weighted by atomic mass is 32.1. The maximum atomic E-state index is 12.6. The van der Waals surface area contributed by atoms with Crippen LogP contribution in [0.2, 0.25) is 0 Å². The lowest BCUT2D eigenvalue weighted by Gasteiger charge is -2.22. The van der Waals surface area contributed by atoms with Crippen molar-refractivity contribution in [3.05, 3.63) is 39.8 Å². The van der Waals surface area contributed by atoms with Gasteiger partial charge in [-0.25, -0.2) is 4.79 Å². The molecule has 158 valence electrons. The normalized spacial score (nSPS) is 13.1. The molecule has 1 aromatic heterocycles. The van der Waals surface area contributed by atoms with Crippen molar-refractivity contribution in [3.8, 4) is 6.07 Å². The van der Waals surface area contributed by atoms with Gasteiger partial charge in [-0.05, 0) is 75.8 Å². The topological polar surface area (TPSA) is 78.0 Å². The third kappa shape index (κ3) is 4.88. The number of azo groups is 1. The molecule has 0 amide bonds. The van der Waals surface area contributed by atoms with E-state index in [4.69, 9.17) is 10.00 Å². The smallest absolute Gasteiger partial charge is 0.341 e. The second-order valence-electron chi connectivity index (χ2n) is 7.27. The summed E-state index contributed by atoms with van der Waals surface area (Å²) in [4.78, 5) is 16.0. The zero-order valence-electron chi connectivity index (χ0n) is 17.9. The van der Waals surface area contributed by atoms with E-state index in [1.54, 1.807) is 11.3 Å². The van der Waals surface area contributed by atoms with Gasteiger partial charge in [-0.1, -0.05) is 0 Å². The van der Waals surface area contributed by atoms with Crippen LogP contribution >= 0.6 is 11.3 Å². The zero-order valence-corrected chi connectivity index (χ0v) is 18.7. The van der Waals surface area contributed by atoms with Crippen LogP contribution in [0.15, 0.2) is 28.4 Å². The number of aryl methyl sites for hydroxylation is 2. The minimum Gasteiger partial charge on any atom is -0.462 e. The van der Waals surface area contributed by atoms with Crippen LogP contribution in [-0.2, 0) is 17.6 Å². The fourth-order valence-electron chi connectivity index (χ4n) is 3.74. The molecule has 0 saturated carbocycles. The summed E-state index contributed by atoms with van der Waals surface area (Å²) >= 11 is 1.56. The van der Waals surface area contributed by atoms with Crippen LogP contribution in [0.5, 0.6) is 0 Å². The summed E-state index contributed by atoms with van der Waals surface area (Å²) in [6.45, 7) is 7.79. The second-order valence-corrected chi connectivity index (χ2v) is 8.35. The van der Waals surface area contributed by atoms with E-state index >= 15 is 0 Å². The van der Waals surface area contributed by atoms with E-state index in [-0.39, 0.29) is 5.97 Å². The van der Waals surface area contributed by atoms with Crippen molar-refractivity contribution in [3.63, 3.8) is 0 Å². The van der Waals surface area contributed by atoms with Gasteiger partial charge in [0.2, 0.25) is 0 Å². The first-order valence-corrected chi connectivity index (χ1v) is 11.4. The van der Waals surface area contributed by atoms with Crippen LogP contribution in [-0.4, -0.2) is 25.7 Å². The maximum absolute atomic E-state index is 12.6. The molecule has 0 unspecified atom stereocenters. The van der Waals surface area contributed by atoms with Crippen molar-refractivity contribution in [1.82, 2.24) is 0 Å². The molecule has 7 heteroatoms. The van der Waals surface area contributed by atoms with Crippen LogP contribution < -0.4 is 4.90 Å². The maximum Gasteiger partial charge on any atom is 0.341 e. The molecule has 0 saturated heterocycles. The molecule has 0 bridgehead atoms. The number of hydrogen-bond donors (Lipinski definition) is 0. The third-order valence-electron chi connectivity index (χ3n) is 5.30. The Bertz CT molecular complexity index is 974. The van der Waals surface area contributed by atoms with Crippen molar-refractivity contribution in [1.29, 1.82) is 5.26 Å². The fourth-order valence-corrected chi connectivity index (χ4v) is 4.94. The average Bonchev–Trinajstić information content (AvgIpc) is 3.12. The van der Waals surface area contributed by atoms with Crippen molar-refractivity contribution in [2.24, 2.45) is 10.2 Å². The molecule has 0 aliphatic heterocycles. The van der Waals surface area contributed by atoms with Gasteiger partial charge in [0, 0.05) is 23.7 Å². The first-order valence-electron chi connectivity index (χ1n) is 10.5. The van der Waals surface area contributed by atoms with Gasteiger partial charge in [0.15, 0.2) is 5.00 Å². The van der Waals surface area contributed by atoms with Crippen molar-refractivity contribution >= 4 is 33.7 Å². The summed E-state index contributed by atoms with van der Waals surface area (Å²) in [5.74, 6) is -0.297. The molecule has 0 spiro atoms. The Hall–Kier alpha value is -2.72. The standard InChI is InChI=1S/C23H28N4O2S/c1-4-27(14-8-13-24)17-11-12-19(16(3)15-17)25-26-22-21(23(28)29-5-2)18-9-6-7-10-20(18)30-22/h11-12,15H,4-10,14H2,1-3H3. The minimum atomic E-state index is -0.297. The largest absolute Gasteiger partial charge is 0.462 e. The van der Waals surface area contributed by atoms with Crippen molar-refractivity contribution in [2.75, 3.05) is 24.6 Å². The molecule has 1 aliphatic rings. The van der Waals surface area contributed by atoms with Crippen LogP contribution in [0, 0.1) is 18.3 Å². The fraction of sp³-hybridized carbons (Fsp3) is 0.478. The first kappa shape index (κ1) is 22.0. The summed E-state index contributed by atoms with van der Waals surface area (Å²) in [5, 5.41) is 18.4. The molecule has 0 atom stereocenters. The Kier molecular flexibility index (Phi) is 7.58. The van der Waals surface area contributed by atoms with E-state index in [0.717, 1.165) is 54.7 Å². The quantitative estimate of drug-likeness (QED) is 0.370. The molecule has 6 nitrogen and oxygen atoms in total. The van der Waals surface area contributed by atoms with Gasteiger partial charge >= 0.3 is 5.97 Å². The average molecular weight is 425 g/mol. The molecule has 2 aromatic rings. The Morgan fingerprint density at radius 1 is 1.27 bits per heavy atom. The lowest BCUT2D eigenvalue weighted by molar-refractivity contribution is 0.0526. The zero-order chi connectivity index (χ0) is 21.5. The summed E-state index contributed by atoms with van der Waals surface area (Å²) in [6, 6.07) is 8.22. The van der Waals surface area contributed by atoms with Gasteiger partial charge in [-0.15, -0.1) is 21.6 Å². The molecule has 30 heavy (non-hydrogen) atoms. The van der Waals surface area contributed by atoms with E-state index < -0.39 is 0 Å². The van der Waals surface area contributed by atoms with E-state index in [0.29, 0.717) is 30.1 Å². The number of hydrogen-bond acceptors (Lipinski definition) is 7. The molecule has 1 aromatic carbocycles. The van der Waals surface area contributed by atoms with E-state index in [9.17, 15) is 4.79 Å². The SMILES string of the molecule is CCOC(=O)c1c(N=Nc2ccc(N(CC)CCC#N)cc2C)sc2c1CCCC2. The highest BCUT2D eigenvalue weighted by Crippen LogP contribution is 2.41. The van der Waals surface area contributed by atoms with E-state index in [1.807, 2.05) is 26.0 Å². The van der Waals surface area contributed by atoms with E-state index in [2.05, 4.69) is 34.2 Å². The molecule has 1 aliphatic carbocycles. The molecule has 0 fully saturated rings. The minimum absolute atomic E-state index is 0.297. The molecule has 1 heterocycles. The molecule has 0 radical (unpaired) electrons. The summed E-state index contributed by atoms with van der Waals surface area (Å²) in [5.41, 5.74) is 4.55. The Morgan fingerprint density at radius 3 is 2.77 bits per heavy atom. The number of carbonyl (C=O) groups excluding carboxylic acids is 1. The molecule has 0 N–H and O–H groups in total. The number of fused-ring (bicyclic) bond motifs is 1. The number of carbonyl (C=O) groups is 1. The van der Waals surface area contributed by atoms with Crippen LogP contribution in [0.25, 0.3) is 0 Å². The number of nitrogens with zero attached hydrogens (tertiary/aromatic N) is 4. The molecular weight excluding hydrogens is 396 g/mol. The first-order chi connectivity index (χ1) is 14.6. The van der Waals surface area contributed by atoms with Gasteiger partial charge in [-0.2, -0.15) is 5.26 Å². The number of rotatable bonds is 8. The Morgan fingerprint density at radius 2 is 2.07 bits per heavy atom. The van der Waals surface area contributed by atoms with Crippen molar-refractivity contribution in [2.45, 2.75) is 52.9 Å². The monoisotopic (exact) mass is 424 g/mol. The number of nitriles is 1. The molecule has 3 rings (SSSR count). The van der Waals surface area contributed by atoms with Gasteiger partial charge in [-0.3, -0.25) is 0 Å².